The Balaban J connectivity index is 2.35. The summed E-state index contributed by atoms with van der Waals surface area (Å²) in [7, 11) is 0. The van der Waals surface area contributed by atoms with Crippen LogP contribution in [-0.2, 0) is 0 Å². The molecule has 17 heavy (non-hydrogen) atoms. The Labute approximate surface area is 108 Å². The summed E-state index contributed by atoms with van der Waals surface area (Å²) >= 11 is 7.40. The molecule has 2 aromatic rings. The molecule has 0 saturated carbocycles. The zero-order valence-corrected chi connectivity index (χ0v) is 10.3. The predicted octanol–water partition coefficient (Wildman–Crippen LogP) is 5.43. The molecule has 3 nitrogen and oxygen atoms in total. The van der Waals surface area contributed by atoms with Gasteiger partial charge in [0.2, 0.25) is 0 Å². The minimum atomic E-state index is 0.550. The van der Waals surface area contributed by atoms with Crippen LogP contribution in [0, 0.1) is 0 Å². The van der Waals surface area contributed by atoms with Gasteiger partial charge in [0.25, 0.3) is 0 Å². The smallest absolute Gasteiger partial charge is 0.0529 e. The Morgan fingerprint density at radius 1 is 1.12 bits per heavy atom. The minimum Gasteiger partial charge on any atom is -0.0896 e. The fourth-order valence-corrected chi connectivity index (χ4v) is 2.37. The van der Waals surface area contributed by atoms with Gasteiger partial charge in [-0.3, -0.25) is 0 Å². The first-order chi connectivity index (χ1) is 8.29. The summed E-state index contributed by atoms with van der Waals surface area (Å²) in [6.45, 7) is 0. The molecule has 0 N–H and O–H groups in total. The molecule has 0 radical (unpaired) electrons. The summed E-state index contributed by atoms with van der Waals surface area (Å²) in [6.07, 6.45) is 0. The van der Waals surface area contributed by atoms with Crippen molar-refractivity contribution in [1.29, 1.82) is 0 Å². The molecular formula is C12H8ClN3S. The first-order valence-electron chi connectivity index (χ1n) is 4.87. The van der Waals surface area contributed by atoms with Gasteiger partial charge in [0.05, 0.1) is 5.69 Å². The zero-order chi connectivity index (χ0) is 12.1. The van der Waals surface area contributed by atoms with Crippen LogP contribution in [-0.4, -0.2) is 0 Å². The van der Waals surface area contributed by atoms with Crippen LogP contribution in [0.15, 0.2) is 63.4 Å². The second-order valence-corrected chi connectivity index (χ2v) is 4.77. The maximum Gasteiger partial charge on any atom is 0.0529 e. The van der Waals surface area contributed by atoms with Crippen LogP contribution in [0.5, 0.6) is 0 Å². The number of benzene rings is 2. The second kappa shape index (κ2) is 5.64. The van der Waals surface area contributed by atoms with E-state index in [1.54, 1.807) is 12.1 Å². The van der Waals surface area contributed by atoms with Crippen LogP contribution in [0.4, 0.5) is 5.69 Å². The van der Waals surface area contributed by atoms with Crippen LogP contribution >= 0.6 is 23.4 Å². The lowest BCUT2D eigenvalue weighted by molar-refractivity contribution is 1.34. The first-order valence-corrected chi connectivity index (χ1v) is 6.06. The van der Waals surface area contributed by atoms with E-state index in [4.69, 9.17) is 17.1 Å². The molecule has 5 heteroatoms. The lowest BCUT2D eigenvalue weighted by Gasteiger charge is -2.05. The lowest BCUT2D eigenvalue weighted by Crippen LogP contribution is -1.75. The van der Waals surface area contributed by atoms with Crippen molar-refractivity contribution in [1.82, 2.24) is 0 Å². The Morgan fingerprint density at radius 3 is 2.59 bits per heavy atom. The Morgan fingerprint density at radius 2 is 1.88 bits per heavy atom. The monoisotopic (exact) mass is 261 g/mol. The molecule has 0 heterocycles. The largest absolute Gasteiger partial charge is 0.0896 e. The van der Waals surface area contributed by atoms with E-state index >= 15 is 0 Å². The second-order valence-electron chi connectivity index (χ2n) is 3.22. The average Bonchev–Trinajstić information content (AvgIpc) is 2.34. The van der Waals surface area contributed by atoms with E-state index in [-0.39, 0.29) is 0 Å². The molecule has 0 aliphatic heterocycles. The number of hydrogen-bond acceptors (Lipinski definition) is 2. The van der Waals surface area contributed by atoms with Crippen molar-refractivity contribution in [3.8, 4) is 0 Å². The molecule has 0 bridgehead atoms. The van der Waals surface area contributed by atoms with Gasteiger partial charge in [-0.1, -0.05) is 46.7 Å². The maximum atomic E-state index is 8.51. The quantitative estimate of drug-likeness (QED) is 0.413. The molecule has 0 spiro atoms. The van der Waals surface area contributed by atoms with Crippen LogP contribution in [0.25, 0.3) is 10.4 Å². The lowest BCUT2D eigenvalue weighted by atomic mass is 10.3. The standard InChI is InChI=1S/C12H8ClN3S/c13-9-6-7-12(11(8-9)15-16-14)17-10-4-2-1-3-5-10/h1-8H. The molecule has 0 aliphatic carbocycles. The highest BCUT2D eigenvalue weighted by molar-refractivity contribution is 7.99. The Kier molecular flexibility index (Phi) is 3.94. The average molecular weight is 262 g/mol. The van der Waals surface area contributed by atoms with Gasteiger partial charge >= 0.3 is 0 Å². The summed E-state index contributed by atoms with van der Waals surface area (Å²) < 4.78 is 0. The van der Waals surface area contributed by atoms with Gasteiger partial charge < -0.3 is 0 Å². The molecule has 0 atom stereocenters. The number of halogens is 1. The molecule has 0 unspecified atom stereocenters. The van der Waals surface area contributed by atoms with Crippen LogP contribution in [0.1, 0.15) is 0 Å². The molecule has 84 valence electrons. The molecule has 0 amide bonds. The normalized spacial score (nSPS) is 9.71. The van der Waals surface area contributed by atoms with Crippen molar-refractivity contribution < 1.29 is 0 Å². The summed E-state index contributed by atoms with van der Waals surface area (Å²) in [5, 5.41) is 4.20. The number of azide groups is 1. The third-order valence-corrected chi connectivity index (χ3v) is 3.35. The van der Waals surface area contributed by atoms with Crippen molar-refractivity contribution in [2.75, 3.05) is 0 Å². The highest BCUT2D eigenvalue weighted by atomic mass is 35.5. The molecular weight excluding hydrogens is 254 g/mol. The molecule has 2 aromatic carbocycles. The SMILES string of the molecule is [N-]=[N+]=Nc1cc(Cl)ccc1Sc1ccccc1. The molecule has 2 rings (SSSR count). The van der Waals surface area contributed by atoms with E-state index in [9.17, 15) is 0 Å². The van der Waals surface area contributed by atoms with Gasteiger partial charge in [-0.2, -0.15) is 0 Å². The van der Waals surface area contributed by atoms with Crippen molar-refractivity contribution in [3.63, 3.8) is 0 Å². The van der Waals surface area contributed by atoms with E-state index in [0.29, 0.717) is 10.7 Å². The number of nitrogens with zero attached hydrogens (tertiary/aromatic N) is 3. The Bertz CT molecular complexity index is 565. The van der Waals surface area contributed by atoms with Gasteiger partial charge in [0, 0.05) is 19.7 Å². The topological polar surface area (TPSA) is 48.8 Å². The summed E-state index contributed by atoms with van der Waals surface area (Å²) in [5.74, 6) is 0. The van der Waals surface area contributed by atoms with Crippen LogP contribution in [0.3, 0.4) is 0 Å². The fraction of sp³-hybridized carbons (Fsp3) is 0. The van der Waals surface area contributed by atoms with E-state index < -0.39 is 0 Å². The third-order valence-electron chi connectivity index (χ3n) is 2.04. The van der Waals surface area contributed by atoms with Crippen LogP contribution in [0.2, 0.25) is 5.02 Å². The van der Waals surface area contributed by atoms with E-state index in [1.807, 2.05) is 36.4 Å². The number of hydrogen-bond donors (Lipinski definition) is 0. The third kappa shape index (κ3) is 3.17. The van der Waals surface area contributed by atoms with Gasteiger partial charge in [-0.15, -0.1) is 0 Å². The predicted molar refractivity (Wildman–Crippen MR) is 70.8 cm³/mol. The van der Waals surface area contributed by atoms with Crippen molar-refractivity contribution in [2.24, 2.45) is 5.11 Å². The van der Waals surface area contributed by atoms with E-state index in [2.05, 4.69) is 10.0 Å². The highest BCUT2D eigenvalue weighted by Gasteiger charge is 2.03. The van der Waals surface area contributed by atoms with Crippen molar-refractivity contribution in [2.45, 2.75) is 9.79 Å². The first kappa shape index (κ1) is 11.9. The van der Waals surface area contributed by atoms with Crippen LogP contribution < -0.4 is 0 Å². The van der Waals surface area contributed by atoms with Crippen molar-refractivity contribution >= 4 is 29.1 Å². The molecule has 0 fully saturated rings. The van der Waals surface area contributed by atoms with E-state index in [1.165, 1.54) is 11.8 Å². The molecule has 0 saturated heterocycles. The molecule has 0 aromatic heterocycles. The highest BCUT2D eigenvalue weighted by Crippen LogP contribution is 2.36. The number of rotatable bonds is 3. The molecule has 0 aliphatic rings. The van der Waals surface area contributed by atoms with Gasteiger partial charge in [-0.05, 0) is 35.9 Å². The van der Waals surface area contributed by atoms with E-state index in [0.717, 1.165) is 9.79 Å². The van der Waals surface area contributed by atoms with Gasteiger partial charge in [0.15, 0.2) is 0 Å². The summed E-state index contributed by atoms with van der Waals surface area (Å²) in [6, 6.07) is 15.2. The maximum absolute atomic E-state index is 8.51. The fourth-order valence-electron chi connectivity index (χ4n) is 1.32. The van der Waals surface area contributed by atoms with Gasteiger partial charge in [-0.25, -0.2) is 0 Å². The summed E-state index contributed by atoms with van der Waals surface area (Å²) in [4.78, 5) is 4.78. The van der Waals surface area contributed by atoms with Gasteiger partial charge in [0.1, 0.15) is 0 Å². The minimum absolute atomic E-state index is 0.550. The zero-order valence-electron chi connectivity index (χ0n) is 8.75. The summed E-state index contributed by atoms with van der Waals surface area (Å²) in [5.41, 5.74) is 9.06. The van der Waals surface area contributed by atoms with Crippen molar-refractivity contribution in [3.05, 3.63) is 64.0 Å². The Hall–Kier alpha value is -1.61.